The molecule has 2 rings (SSSR count). The Balaban J connectivity index is 2.20. The van der Waals surface area contributed by atoms with E-state index in [2.05, 4.69) is 0 Å². The topological polar surface area (TPSA) is 68.2 Å². The van der Waals surface area contributed by atoms with Gasteiger partial charge >= 0.3 is 0 Å². The summed E-state index contributed by atoms with van der Waals surface area (Å²) >= 11 is 0. The second-order valence-corrected chi connectivity index (χ2v) is 3.93. The maximum absolute atomic E-state index is 9.88. The van der Waals surface area contributed by atoms with Gasteiger partial charge in [0.25, 0.3) is 0 Å². The molecule has 82 valence electrons. The highest BCUT2D eigenvalue weighted by Gasteiger charge is 2.64. The van der Waals surface area contributed by atoms with Crippen molar-refractivity contribution in [2.24, 2.45) is 0 Å². The molecule has 0 amide bonds. The maximum Gasteiger partial charge on any atom is 0.148 e. The molecule has 0 saturated carbocycles. The van der Waals surface area contributed by atoms with Crippen LogP contribution in [0.4, 0.5) is 0 Å². The lowest BCUT2D eigenvalue weighted by atomic mass is 9.94. The van der Waals surface area contributed by atoms with Gasteiger partial charge in [-0.3, -0.25) is 0 Å². The van der Waals surface area contributed by atoms with Crippen molar-refractivity contribution in [1.29, 1.82) is 0 Å². The average Bonchev–Trinajstić information content (AvgIpc) is 2.56. The Morgan fingerprint density at radius 1 is 1.50 bits per heavy atom. The first-order valence-electron chi connectivity index (χ1n) is 4.77. The van der Waals surface area contributed by atoms with E-state index in [-0.39, 0.29) is 24.9 Å². The SMILES string of the molecule is COC[C@@H]1O[C@H]2[C@H](C)O[C@]1(CO)[C@H]2O. The molecule has 2 aliphatic rings. The van der Waals surface area contributed by atoms with Crippen molar-refractivity contribution >= 4 is 0 Å². The molecule has 2 N–H and O–H groups in total. The standard InChI is InChI=1S/C9H16O5/c1-5-7-8(11)9(4-10,14-5)6(13-7)3-12-2/h5-8,10-11H,3-4H2,1-2H3/t5-,6-,7-,8-,9-/m0/s1. The van der Waals surface area contributed by atoms with Crippen LogP contribution in [0.2, 0.25) is 0 Å². The van der Waals surface area contributed by atoms with Gasteiger partial charge < -0.3 is 24.4 Å². The van der Waals surface area contributed by atoms with Crippen LogP contribution in [-0.4, -0.2) is 60.6 Å². The minimum Gasteiger partial charge on any atom is -0.393 e. The molecule has 0 aromatic rings. The van der Waals surface area contributed by atoms with Crippen LogP contribution in [-0.2, 0) is 14.2 Å². The first kappa shape index (κ1) is 10.3. The molecule has 5 nitrogen and oxygen atoms in total. The van der Waals surface area contributed by atoms with E-state index in [0.717, 1.165) is 0 Å². The molecule has 2 saturated heterocycles. The van der Waals surface area contributed by atoms with E-state index in [9.17, 15) is 10.2 Å². The van der Waals surface area contributed by atoms with Gasteiger partial charge in [0.1, 0.15) is 23.9 Å². The van der Waals surface area contributed by atoms with Crippen molar-refractivity contribution in [2.75, 3.05) is 20.3 Å². The zero-order chi connectivity index (χ0) is 10.3. The molecule has 0 aliphatic carbocycles. The summed E-state index contributed by atoms with van der Waals surface area (Å²) in [5.41, 5.74) is -0.986. The summed E-state index contributed by atoms with van der Waals surface area (Å²) in [4.78, 5) is 0. The van der Waals surface area contributed by atoms with Crippen molar-refractivity contribution in [2.45, 2.75) is 36.9 Å². The second kappa shape index (κ2) is 3.43. The van der Waals surface area contributed by atoms with Crippen LogP contribution in [0.5, 0.6) is 0 Å². The number of fused-ring (bicyclic) bond motifs is 2. The van der Waals surface area contributed by atoms with E-state index in [0.29, 0.717) is 6.61 Å². The third kappa shape index (κ3) is 1.14. The predicted molar refractivity (Wildman–Crippen MR) is 46.9 cm³/mol. The molecule has 14 heavy (non-hydrogen) atoms. The van der Waals surface area contributed by atoms with Crippen molar-refractivity contribution in [1.82, 2.24) is 0 Å². The molecule has 0 aromatic carbocycles. The third-order valence-corrected chi connectivity index (χ3v) is 3.11. The second-order valence-electron chi connectivity index (χ2n) is 3.93. The van der Waals surface area contributed by atoms with Gasteiger partial charge in [0, 0.05) is 7.11 Å². The Hall–Kier alpha value is -0.200. The summed E-state index contributed by atoms with van der Waals surface area (Å²) in [7, 11) is 1.55. The number of aliphatic hydroxyl groups is 2. The van der Waals surface area contributed by atoms with Gasteiger partial charge in [0.05, 0.1) is 19.3 Å². The Labute approximate surface area is 82.6 Å². The molecular weight excluding hydrogens is 188 g/mol. The Morgan fingerprint density at radius 2 is 2.21 bits per heavy atom. The van der Waals surface area contributed by atoms with Crippen LogP contribution < -0.4 is 0 Å². The maximum atomic E-state index is 9.88. The third-order valence-electron chi connectivity index (χ3n) is 3.11. The minimum absolute atomic E-state index is 0.176. The summed E-state index contributed by atoms with van der Waals surface area (Å²) in [5.74, 6) is 0. The largest absolute Gasteiger partial charge is 0.393 e. The quantitative estimate of drug-likeness (QED) is 0.611. The molecule has 5 heteroatoms. The molecule has 0 radical (unpaired) electrons. The molecule has 0 aromatic heterocycles. The molecule has 2 fully saturated rings. The molecule has 2 heterocycles. The normalized spacial score (nSPS) is 51.4. The average molecular weight is 204 g/mol. The smallest absolute Gasteiger partial charge is 0.148 e. The summed E-state index contributed by atoms with van der Waals surface area (Å²) in [6, 6.07) is 0. The molecular formula is C9H16O5. The lowest BCUT2D eigenvalue weighted by molar-refractivity contribution is -0.206. The van der Waals surface area contributed by atoms with Gasteiger partial charge in [0.15, 0.2) is 0 Å². The van der Waals surface area contributed by atoms with Gasteiger partial charge in [-0.1, -0.05) is 0 Å². The summed E-state index contributed by atoms with van der Waals surface area (Å²) < 4.78 is 16.1. The van der Waals surface area contributed by atoms with E-state index in [1.807, 2.05) is 6.92 Å². The van der Waals surface area contributed by atoms with Crippen LogP contribution in [0.25, 0.3) is 0 Å². The van der Waals surface area contributed by atoms with E-state index >= 15 is 0 Å². The Bertz CT molecular complexity index is 221. The fourth-order valence-electron chi connectivity index (χ4n) is 2.34. The van der Waals surface area contributed by atoms with Crippen LogP contribution in [0, 0.1) is 0 Å². The summed E-state index contributed by atoms with van der Waals surface area (Å²) in [5, 5.41) is 19.2. The lowest BCUT2D eigenvalue weighted by Crippen LogP contribution is -2.52. The van der Waals surface area contributed by atoms with Gasteiger partial charge in [-0.05, 0) is 6.92 Å². The number of hydrogen-bond acceptors (Lipinski definition) is 5. The Morgan fingerprint density at radius 3 is 2.71 bits per heavy atom. The van der Waals surface area contributed by atoms with Gasteiger partial charge in [-0.2, -0.15) is 0 Å². The van der Waals surface area contributed by atoms with Crippen LogP contribution in [0.1, 0.15) is 6.92 Å². The van der Waals surface area contributed by atoms with E-state index < -0.39 is 11.7 Å². The number of methoxy groups -OCH3 is 1. The lowest BCUT2D eigenvalue weighted by Gasteiger charge is -2.34. The van der Waals surface area contributed by atoms with Crippen molar-refractivity contribution in [3.05, 3.63) is 0 Å². The van der Waals surface area contributed by atoms with Crippen molar-refractivity contribution < 1.29 is 24.4 Å². The molecule has 5 atom stereocenters. The minimum atomic E-state index is -0.986. The number of aliphatic hydroxyl groups excluding tert-OH is 2. The Kier molecular flexibility index (Phi) is 2.53. The van der Waals surface area contributed by atoms with Gasteiger partial charge in [-0.15, -0.1) is 0 Å². The van der Waals surface area contributed by atoms with E-state index in [4.69, 9.17) is 14.2 Å². The van der Waals surface area contributed by atoms with Crippen molar-refractivity contribution in [3.63, 3.8) is 0 Å². The van der Waals surface area contributed by atoms with E-state index in [1.165, 1.54) is 0 Å². The van der Waals surface area contributed by atoms with Crippen LogP contribution in [0.3, 0.4) is 0 Å². The predicted octanol–water partition coefficient (Wildman–Crippen LogP) is -1.09. The number of hydrogen-bond donors (Lipinski definition) is 2. The fraction of sp³-hybridized carbons (Fsp3) is 1.00. The van der Waals surface area contributed by atoms with E-state index in [1.54, 1.807) is 7.11 Å². The highest BCUT2D eigenvalue weighted by molar-refractivity contribution is 5.11. The fourth-order valence-corrected chi connectivity index (χ4v) is 2.34. The first-order chi connectivity index (χ1) is 6.65. The highest BCUT2D eigenvalue weighted by atomic mass is 16.7. The number of ether oxygens (including phenoxy) is 3. The molecule has 2 aliphatic heterocycles. The molecule has 2 bridgehead atoms. The zero-order valence-electron chi connectivity index (χ0n) is 8.34. The van der Waals surface area contributed by atoms with Gasteiger partial charge in [0.2, 0.25) is 0 Å². The highest BCUT2D eigenvalue weighted by Crippen LogP contribution is 2.44. The zero-order valence-corrected chi connectivity index (χ0v) is 8.34. The molecule has 0 unspecified atom stereocenters. The summed E-state index contributed by atoms with van der Waals surface area (Å²) in [6.45, 7) is 1.90. The van der Waals surface area contributed by atoms with Crippen LogP contribution in [0.15, 0.2) is 0 Å². The summed E-state index contributed by atoms with van der Waals surface area (Å²) in [6.07, 6.45) is -1.66. The van der Waals surface area contributed by atoms with Crippen LogP contribution >= 0.6 is 0 Å². The van der Waals surface area contributed by atoms with Gasteiger partial charge in [-0.25, -0.2) is 0 Å². The van der Waals surface area contributed by atoms with Crippen molar-refractivity contribution in [3.8, 4) is 0 Å². The molecule has 0 spiro atoms. The monoisotopic (exact) mass is 204 g/mol. The number of rotatable bonds is 3. The first-order valence-corrected chi connectivity index (χ1v) is 4.77.